The minimum Gasteiger partial charge on any atom is -0.493 e. The molecular weight excluding hydrogens is 494 g/mol. The minimum absolute atomic E-state index is 0.0925. The number of benzene rings is 1. The van der Waals surface area contributed by atoms with Gasteiger partial charge in [-0.1, -0.05) is 6.07 Å². The molecule has 1 aromatic carbocycles. The van der Waals surface area contributed by atoms with Crippen LogP contribution < -0.4 is 20.8 Å². The second-order valence-electron chi connectivity index (χ2n) is 8.32. The van der Waals surface area contributed by atoms with E-state index in [1.165, 1.54) is 23.0 Å². The largest absolute Gasteiger partial charge is 0.493 e. The van der Waals surface area contributed by atoms with E-state index < -0.39 is 23.2 Å². The van der Waals surface area contributed by atoms with Gasteiger partial charge in [-0.05, 0) is 36.6 Å². The highest BCUT2D eigenvalue weighted by molar-refractivity contribution is 8.24. The number of carboxylic acid groups (broad SMARTS) is 1. The molecule has 0 radical (unpaired) electrons. The van der Waals surface area contributed by atoms with E-state index in [0.717, 1.165) is 15.8 Å². The number of carbonyl (C=O) groups is 1. The lowest BCUT2D eigenvalue weighted by Crippen LogP contribution is -2.25. The number of hydrogen-bond donors (Lipinski definition) is 4. The molecular formula is C23H27N3O7S2. The molecule has 3 aromatic rings. The molecule has 1 saturated heterocycles. The number of nitrogens with zero attached hydrogens (tertiary/aromatic N) is 2. The van der Waals surface area contributed by atoms with Crippen molar-refractivity contribution in [3.8, 4) is 22.6 Å². The molecule has 4 rings (SSSR count). The van der Waals surface area contributed by atoms with Crippen LogP contribution in [0.25, 0.3) is 21.2 Å². The van der Waals surface area contributed by atoms with Gasteiger partial charge in [-0.15, -0.1) is 11.3 Å². The first-order chi connectivity index (χ1) is 16.6. The summed E-state index contributed by atoms with van der Waals surface area (Å²) in [5.41, 5.74) is 7.67. The Morgan fingerprint density at radius 2 is 1.97 bits per heavy atom. The average molecular weight is 522 g/mol. The Kier molecular flexibility index (Phi) is 7.08. The van der Waals surface area contributed by atoms with E-state index in [4.69, 9.17) is 20.3 Å². The van der Waals surface area contributed by atoms with Gasteiger partial charge in [0.2, 0.25) is 0 Å². The molecule has 1 fully saturated rings. The van der Waals surface area contributed by atoms with E-state index in [2.05, 4.69) is 4.99 Å². The molecule has 0 unspecified atom stereocenters. The van der Waals surface area contributed by atoms with Crippen LogP contribution in [0.5, 0.6) is 11.5 Å². The summed E-state index contributed by atoms with van der Waals surface area (Å²) >= 11 is 1.36. The number of carboxylic acids is 1. The van der Waals surface area contributed by atoms with Gasteiger partial charge in [0.05, 0.1) is 23.4 Å². The Hall–Kier alpha value is -3.06. The number of aliphatic carboxylic acids is 1. The van der Waals surface area contributed by atoms with Crippen molar-refractivity contribution in [3.63, 3.8) is 0 Å². The van der Waals surface area contributed by atoms with Crippen LogP contribution in [-0.2, 0) is 11.8 Å². The van der Waals surface area contributed by atoms with Gasteiger partial charge < -0.3 is 24.9 Å². The van der Waals surface area contributed by atoms with E-state index >= 15 is 0 Å². The number of methoxy groups -OCH3 is 1. The number of pyridine rings is 1. The highest BCUT2D eigenvalue weighted by Crippen LogP contribution is 2.44. The van der Waals surface area contributed by atoms with Gasteiger partial charge in [0.25, 0.3) is 5.56 Å². The Morgan fingerprint density at radius 1 is 1.26 bits per heavy atom. The zero-order valence-corrected chi connectivity index (χ0v) is 20.9. The van der Waals surface area contributed by atoms with Crippen LogP contribution in [0.15, 0.2) is 40.2 Å². The van der Waals surface area contributed by atoms with Gasteiger partial charge in [0.1, 0.15) is 5.84 Å². The van der Waals surface area contributed by atoms with E-state index in [-0.39, 0.29) is 11.6 Å². The number of ether oxygens (including phenoxy) is 2. The van der Waals surface area contributed by atoms with Gasteiger partial charge in [0.15, 0.2) is 18.1 Å². The smallest absolute Gasteiger partial charge is 0.341 e. The summed E-state index contributed by atoms with van der Waals surface area (Å²) in [6.45, 7) is -0.493. The van der Waals surface area contributed by atoms with Crippen molar-refractivity contribution >= 4 is 43.8 Å². The topological polar surface area (TPSA) is 157 Å². The summed E-state index contributed by atoms with van der Waals surface area (Å²) in [5, 5.41) is 9.39. The zero-order valence-electron chi connectivity index (χ0n) is 19.3. The molecule has 188 valence electrons. The molecule has 0 bridgehead atoms. The third-order valence-electron chi connectivity index (χ3n) is 5.81. The number of aromatic nitrogens is 1. The summed E-state index contributed by atoms with van der Waals surface area (Å²) in [4.78, 5) is 29.0. The lowest BCUT2D eigenvalue weighted by atomic mass is 10.1. The SMILES string of the molecule is COc1cc(-c2cn(C)c(=O)c3cc(C(N)=NC4CCS(O)(O)CC4)sc23)ccc1OCC(=O)O. The second-order valence-corrected chi connectivity index (χ2v) is 11.8. The second kappa shape index (κ2) is 9.90. The molecule has 0 aliphatic carbocycles. The van der Waals surface area contributed by atoms with Crippen molar-refractivity contribution in [1.82, 2.24) is 4.57 Å². The first-order valence-corrected chi connectivity index (χ1v) is 13.5. The number of rotatable bonds is 7. The third kappa shape index (κ3) is 5.45. The Morgan fingerprint density at radius 3 is 2.63 bits per heavy atom. The summed E-state index contributed by atoms with van der Waals surface area (Å²) < 4.78 is 32.6. The summed E-state index contributed by atoms with van der Waals surface area (Å²) in [6, 6.07) is 6.78. The number of aryl methyl sites for hydroxylation is 1. The predicted octanol–water partition coefficient (Wildman–Crippen LogP) is 3.36. The van der Waals surface area contributed by atoms with Gasteiger partial charge in [-0.2, -0.15) is 10.6 Å². The van der Waals surface area contributed by atoms with Crippen LogP contribution >= 0.6 is 21.9 Å². The third-order valence-corrected chi connectivity index (χ3v) is 8.78. The molecule has 10 nitrogen and oxygen atoms in total. The molecule has 0 amide bonds. The summed E-state index contributed by atoms with van der Waals surface area (Å²) in [7, 11) is 0.635. The lowest BCUT2D eigenvalue weighted by Gasteiger charge is -2.38. The highest BCUT2D eigenvalue weighted by Gasteiger charge is 2.24. The first kappa shape index (κ1) is 25.0. The molecule has 12 heteroatoms. The van der Waals surface area contributed by atoms with Gasteiger partial charge in [-0.3, -0.25) is 18.9 Å². The fourth-order valence-electron chi connectivity index (χ4n) is 3.96. The first-order valence-electron chi connectivity index (χ1n) is 10.8. The minimum atomic E-state index is -2.50. The van der Waals surface area contributed by atoms with E-state index in [9.17, 15) is 18.7 Å². The van der Waals surface area contributed by atoms with Crippen molar-refractivity contribution in [2.75, 3.05) is 25.2 Å². The number of hydrogen-bond acceptors (Lipinski definition) is 8. The molecule has 0 atom stereocenters. The summed E-state index contributed by atoms with van der Waals surface area (Å²) in [6.07, 6.45) is 2.84. The number of aliphatic imine (C=N–C) groups is 1. The lowest BCUT2D eigenvalue weighted by molar-refractivity contribution is -0.139. The van der Waals surface area contributed by atoms with Crippen LogP contribution in [0.3, 0.4) is 0 Å². The number of thiophene rings is 1. The predicted molar refractivity (Wildman–Crippen MR) is 139 cm³/mol. The van der Waals surface area contributed by atoms with Crippen molar-refractivity contribution in [1.29, 1.82) is 0 Å². The maximum Gasteiger partial charge on any atom is 0.341 e. The molecule has 2 aromatic heterocycles. The van der Waals surface area contributed by atoms with Crippen LogP contribution in [0, 0.1) is 0 Å². The molecule has 0 saturated carbocycles. The standard InChI is InChI=1S/C23H27N3O7S2/c1-26-11-16(13-3-4-17(18(9-13)32-2)33-12-20(27)28)21-15(23(26)29)10-19(34-21)22(24)25-14-5-7-35(30,31)8-6-14/h3-4,9-11,14,30-31H,5-8,12H2,1-2H3,(H2,24,25)(H,27,28). The van der Waals surface area contributed by atoms with Crippen LogP contribution in [0.4, 0.5) is 0 Å². The van der Waals surface area contributed by atoms with E-state index in [1.807, 2.05) is 0 Å². The molecule has 0 spiro atoms. The monoisotopic (exact) mass is 521 g/mol. The molecule has 5 N–H and O–H groups in total. The van der Waals surface area contributed by atoms with Crippen molar-refractivity contribution in [2.24, 2.45) is 17.8 Å². The van der Waals surface area contributed by atoms with Crippen LogP contribution in [0.2, 0.25) is 0 Å². The quantitative estimate of drug-likeness (QED) is 0.272. The van der Waals surface area contributed by atoms with Crippen LogP contribution in [0.1, 0.15) is 17.7 Å². The van der Waals surface area contributed by atoms with Crippen LogP contribution in [-0.4, -0.2) is 61.8 Å². The van der Waals surface area contributed by atoms with Crippen molar-refractivity contribution in [3.05, 3.63) is 45.7 Å². The maximum atomic E-state index is 12.9. The Balaban J connectivity index is 1.72. The van der Waals surface area contributed by atoms with Gasteiger partial charge in [0, 0.05) is 35.0 Å². The van der Waals surface area contributed by atoms with Crippen molar-refractivity contribution in [2.45, 2.75) is 18.9 Å². The Labute approximate surface area is 207 Å². The number of amidine groups is 1. The number of nitrogens with two attached hydrogens (primary N) is 1. The zero-order chi connectivity index (χ0) is 25.3. The summed E-state index contributed by atoms with van der Waals surface area (Å²) in [5.74, 6) is 0.526. The fraction of sp³-hybridized carbons (Fsp3) is 0.348. The molecule has 3 heterocycles. The maximum absolute atomic E-state index is 12.9. The van der Waals surface area contributed by atoms with E-state index in [0.29, 0.717) is 51.9 Å². The fourth-order valence-corrected chi connectivity index (χ4v) is 6.56. The normalized spacial score (nSPS) is 17.3. The average Bonchev–Trinajstić information content (AvgIpc) is 3.27. The molecule has 1 aliphatic heterocycles. The highest BCUT2D eigenvalue weighted by atomic mass is 32.3. The van der Waals surface area contributed by atoms with Gasteiger partial charge in [-0.25, -0.2) is 4.79 Å². The molecule has 1 aliphatic rings. The van der Waals surface area contributed by atoms with Gasteiger partial charge >= 0.3 is 5.97 Å². The number of fused-ring (bicyclic) bond motifs is 1. The van der Waals surface area contributed by atoms with Crippen molar-refractivity contribution < 1.29 is 28.5 Å². The molecule has 35 heavy (non-hydrogen) atoms. The van der Waals surface area contributed by atoms with E-state index in [1.54, 1.807) is 37.5 Å². The Bertz CT molecular complexity index is 1350.